The Labute approximate surface area is 85.7 Å². The highest BCUT2D eigenvalue weighted by atomic mass is 79.9. The zero-order valence-electron chi connectivity index (χ0n) is 7.48. The minimum atomic E-state index is -0.289. The Morgan fingerprint density at radius 2 is 2.38 bits per heavy atom. The Morgan fingerprint density at radius 3 is 3.00 bits per heavy atom. The smallest absolute Gasteiger partial charge is 0.126 e. The molecule has 0 aliphatic rings. The van der Waals surface area contributed by atoms with E-state index in [-0.39, 0.29) is 6.67 Å². The summed E-state index contributed by atoms with van der Waals surface area (Å²) >= 11 is 3.36. The average molecular weight is 247 g/mol. The first-order chi connectivity index (χ1) is 6.24. The summed E-state index contributed by atoms with van der Waals surface area (Å²) in [7, 11) is 0. The van der Waals surface area contributed by atoms with Gasteiger partial charge in [0.15, 0.2) is 0 Å². The van der Waals surface area contributed by atoms with E-state index in [0.717, 1.165) is 15.9 Å². The average Bonchev–Trinajstić information content (AvgIpc) is 2.12. The van der Waals surface area contributed by atoms with E-state index in [1.54, 1.807) is 6.20 Å². The first-order valence-electron chi connectivity index (χ1n) is 4.16. The van der Waals surface area contributed by atoms with Crippen molar-refractivity contribution in [2.75, 3.05) is 18.5 Å². The molecule has 1 N–H and O–H groups in total. The predicted molar refractivity (Wildman–Crippen MR) is 55.8 cm³/mol. The molecule has 2 nitrogen and oxygen atoms in total. The first-order valence-corrected chi connectivity index (χ1v) is 4.95. The first kappa shape index (κ1) is 10.4. The third-order valence-electron chi connectivity index (χ3n) is 1.66. The molecule has 72 valence electrons. The van der Waals surface area contributed by atoms with Crippen LogP contribution in [-0.2, 0) is 0 Å². The van der Waals surface area contributed by atoms with Crippen molar-refractivity contribution >= 4 is 21.7 Å². The predicted octanol–water partition coefficient (Wildman–Crippen LogP) is 2.92. The summed E-state index contributed by atoms with van der Waals surface area (Å²) in [6.07, 6.45) is 2.27. The molecule has 13 heavy (non-hydrogen) atoms. The highest BCUT2D eigenvalue weighted by Crippen LogP contribution is 2.16. The van der Waals surface area contributed by atoms with E-state index in [9.17, 15) is 4.39 Å². The summed E-state index contributed by atoms with van der Waals surface area (Å²) in [5.41, 5.74) is 1.12. The van der Waals surface area contributed by atoms with E-state index in [0.29, 0.717) is 13.0 Å². The molecule has 0 fully saturated rings. The lowest BCUT2D eigenvalue weighted by molar-refractivity contribution is 0.481. The third kappa shape index (κ3) is 3.30. The molecular weight excluding hydrogens is 235 g/mol. The molecular formula is C9H12BrFN2. The molecule has 0 radical (unpaired) electrons. The number of nitrogens with one attached hydrogen (secondary N) is 1. The Kier molecular flexibility index (Phi) is 4.15. The van der Waals surface area contributed by atoms with Gasteiger partial charge in [-0.2, -0.15) is 0 Å². The minimum Gasteiger partial charge on any atom is -0.370 e. The fraction of sp³-hybridized carbons (Fsp3) is 0.444. The van der Waals surface area contributed by atoms with Gasteiger partial charge in [-0.3, -0.25) is 4.39 Å². The normalized spacial score (nSPS) is 10.1. The molecule has 1 aromatic heterocycles. The van der Waals surface area contributed by atoms with Crippen LogP contribution in [0.1, 0.15) is 12.0 Å². The highest BCUT2D eigenvalue weighted by Gasteiger charge is 1.97. The van der Waals surface area contributed by atoms with Crippen LogP contribution in [0.25, 0.3) is 0 Å². The van der Waals surface area contributed by atoms with Crippen LogP contribution in [0, 0.1) is 6.92 Å². The van der Waals surface area contributed by atoms with E-state index >= 15 is 0 Å². The largest absolute Gasteiger partial charge is 0.370 e. The maximum Gasteiger partial charge on any atom is 0.126 e. The zero-order valence-corrected chi connectivity index (χ0v) is 9.07. The summed E-state index contributed by atoms with van der Waals surface area (Å²) in [5, 5.41) is 3.04. The fourth-order valence-corrected chi connectivity index (χ4v) is 1.14. The molecule has 1 heterocycles. The van der Waals surface area contributed by atoms with Gasteiger partial charge in [0, 0.05) is 17.2 Å². The topological polar surface area (TPSA) is 24.9 Å². The van der Waals surface area contributed by atoms with Gasteiger partial charge in [-0.1, -0.05) is 0 Å². The zero-order chi connectivity index (χ0) is 9.68. The van der Waals surface area contributed by atoms with Gasteiger partial charge >= 0.3 is 0 Å². The van der Waals surface area contributed by atoms with Gasteiger partial charge in [0.1, 0.15) is 5.82 Å². The van der Waals surface area contributed by atoms with Gasteiger partial charge in [-0.25, -0.2) is 4.98 Å². The molecule has 0 saturated heterocycles. The molecule has 0 saturated carbocycles. The van der Waals surface area contributed by atoms with Crippen molar-refractivity contribution in [2.24, 2.45) is 0 Å². The van der Waals surface area contributed by atoms with Crippen molar-refractivity contribution in [1.82, 2.24) is 4.98 Å². The third-order valence-corrected chi connectivity index (χ3v) is 2.49. The van der Waals surface area contributed by atoms with Gasteiger partial charge in [-0.15, -0.1) is 0 Å². The molecule has 0 spiro atoms. The number of aromatic nitrogens is 1. The highest BCUT2D eigenvalue weighted by molar-refractivity contribution is 9.10. The van der Waals surface area contributed by atoms with Crippen LogP contribution in [0.4, 0.5) is 10.2 Å². The second-order valence-corrected chi connectivity index (χ2v) is 3.64. The summed E-state index contributed by atoms with van der Waals surface area (Å²) in [4.78, 5) is 4.13. The molecule has 0 aromatic carbocycles. The van der Waals surface area contributed by atoms with Gasteiger partial charge in [-0.05, 0) is 40.9 Å². The minimum absolute atomic E-state index is 0.289. The monoisotopic (exact) mass is 246 g/mol. The lowest BCUT2D eigenvalue weighted by Gasteiger charge is -2.05. The Morgan fingerprint density at radius 1 is 1.62 bits per heavy atom. The van der Waals surface area contributed by atoms with Crippen LogP contribution in [-0.4, -0.2) is 18.2 Å². The van der Waals surface area contributed by atoms with Crippen molar-refractivity contribution in [3.8, 4) is 0 Å². The number of hydrogen-bond donors (Lipinski definition) is 1. The summed E-state index contributed by atoms with van der Waals surface area (Å²) in [6.45, 7) is 2.33. The number of halogens is 2. The number of anilines is 1. The quantitative estimate of drug-likeness (QED) is 0.827. The maximum absolute atomic E-state index is 11.8. The second kappa shape index (κ2) is 5.17. The number of aryl methyl sites for hydroxylation is 1. The number of pyridine rings is 1. The molecule has 0 amide bonds. The summed E-state index contributed by atoms with van der Waals surface area (Å²) < 4.78 is 12.8. The van der Waals surface area contributed by atoms with Crippen LogP contribution in [0.3, 0.4) is 0 Å². The Bertz CT molecular complexity index is 278. The molecule has 4 heteroatoms. The summed E-state index contributed by atoms with van der Waals surface area (Å²) in [6, 6.07) is 1.93. The lowest BCUT2D eigenvalue weighted by atomic mass is 10.3. The SMILES string of the molecule is Cc1cc(NCCCF)ncc1Br. The van der Waals surface area contributed by atoms with Crippen molar-refractivity contribution in [2.45, 2.75) is 13.3 Å². The van der Waals surface area contributed by atoms with Gasteiger partial charge < -0.3 is 5.32 Å². The molecule has 0 aliphatic heterocycles. The molecule has 0 unspecified atom stereocenters. The molecule has 0 aliphatic carbocycles. The number of nitrogens with zero attached hydrogens (tertiary/aromatic N) is 1. The van der Waals surface area contributed by atoms with E-state index in [4.69, 9.17) is 0 Å². The van der Waals surface area contributed by atoms with Crippen LogP contribution >= 0.6 is 15.9 Å². The van der Waals surface area contributed by atoms with Gasteiger partial charge in [0.2, 0.25) is 0 Å². The van der Waals surface area contributed by atoms with Crippen LogP contribution in [0.5, 0.6) is 0 Å². The summed E-state index contributed by atoms with van der Waals surface area (Å²) in [5.74, 6) is 0.800. The van der Waals surface area contributed by atoms with Crippen LogP contribution in [0.15, 0.2) is 16.7 Å². The van der Waals surface area contributed by atoms with E-state index < -0.39 is 0 Å². The van der Waals surface area contributed by atoms with E-state index in [1.807, 2.05) is 13.0 Å². The second-order valence-electron chi connectivity index (χ2n) is 2.79. The van der Waals surface area contributed by atoms with Crippen LogP contribution < -0.4 is 5.32 Å². The molecule has 1 aromatic rings. The van der Waals surface area contributed by atoms with Crippen molar-refractivity contribution < 1.29 is 4.39 Å². The number of alkyl halides is 1. The van der Waals surface area contributed by atoms with E-state index in [1.165, 1.54) is 0 Å². The van der Waals surface area contributed by atoms with Gasteiger partial charge in [0.25, 0.3) is 0 Å². The molecule has 0 bridgehead atoms. The van der Waals surface area contributed by atoms with Gasteiger partial charge in [0.05, 0.1) is 6.67 Å². The molecule has 0 atom stereocenters. The van der Waals surface area contributed by atoms with Crippen molar-refractivity contribution in [1.29, 1.82) is 0 Å². The maximum atomic E-state index is 11.8. The Hall–Kier alpha value is -0.640. The standard InChI is InChI=1S/C9H12BrFN2/c1-7-5-9(12-4-2-3-11)13-6-8(7)10/h5-6H,2-4H2,1H3,(H,12,13). The van der Waals surface area contributed by atoms with E-state index in [2.05, 4.69) is 26.2 Å². The van der Waals surface area contributed by atoms with Crippen molar-refractivity contribution in [3.63, 3.8) is 0 Å². The Balaban J connectivity index is 2.53. The van der Waals surface area contributed by atoms with Crippen molar-refractivity contribution in [3.05, 3.63) is 22.3 Å². The van der Waals surface area contributed by atoms with Crippen LogP contribution in [0.2, 0.25) is 0 Å². The number of rotatable bonds is 4. The molecule has 1 rings (SSSR count). The fourth-order valence-electron chi connectivity index (χ4n) is 0.919. The number of hydrogen-bond acceptors (Lipinski definition) is 2. The lowest BCUT2D eigenvalue weighted by Crippen LogP contribution is -2.03.